The standard InChI is InChI=1S/C25H25BrN6O2/c1-27-24(33)15-8-9-22-20(11-15)31-23(19-7-2-3-10-28-19)32(22)18-6-4-5-17(13-18)30-25(34)21-12-16(26)14-29-21/h2-3,7-12,14,17-18,29H,4-6,13H2,1H3,(H,27,33)(H,30,34)/t17-,18+/m0/s1. The Morgan fingerprint density at radius 1 is 1.15 bits per heavy atom. The van der Waals surface area contributed by atoms with Crippen LogP contribution < -0.4 is 10.6 Å². The number of H-pyrrole nitrogens is 1. The molecule has 5 rings (SSSR count). The van der Waals surface area contributed by atoms with Gasteiger partial charge in [-0.25, -0.2) is 4.98 Å². The van der Waals surface area contributed by atoms with Gasteiger partial charge in [0.15, 0.2) is 5.82 Å². The number of aromatic amines is 1. The topological polar surface area (TPSA) is 105 Å². The molecule has 1 aromatic carbocycles. The van der Waals surface area contributed by atoms with Gasteiger partial charge in [-0.1, -0.05) is 6.07 Å². The maximum Gasteiger partial charge on any atom is 0.267 e. The van der Waals surface area contributed by atoms with E-state index in [1.807, 2.05) is 36.4 Å². The van der Waals surface area contributed by atoms with Crippen LogP contribution in [-0.2, 0) is 0 Å². The molecule has 3 heterocycles. The van der Waals surface area contributed by atoms with E-state index in [9.17, 15) is 9.59 Å². The van der Waals surface area contributed by atoms with E-state index in [-0.39, 0.29) is 23.9 Å². The van der Waals surface area contributed by atoms with Crippen molar-refractivity contribution < 1.29 is 9.59 Å². The number of nitrogens with one attached hydrogen (secondary N) is 3. The molecule has 4 aromatic rings. The van der Waals surface area contributed by atoms with Gasteiger partial charge in [0.1, 0.15) is 11.4 Å². The lowest BCUT2D eigenvalue weighted by Crippen LogP contribution is -2.39. The van der Waals surface area contributed by atoms with Crippen molar-refractivity contribution in [3.8, 4) is 11.5 Å². The largest absolute Gasteiger partial charge is 0.356 e. The summed E-state index contributed by atoms with van der Waals surface area (Å²) in [6.07, 6.45) is 7.19. The van der Waals surface area contributed by atoms with Crippen LogP contribution >= 0.6 is 15.9 Å². The number of carbonyl (C=O) groups is 2. The number of amides is 2. The molecule has 0 saturated heterocycles. The van der Waals surface area contributed by atoms with Crippen LogP contribution in [0.5, 0.6) is 0 Å². The Hall–Kier alpha value is -3.46. The van der Waals surface area contributed by atoms with Crippen LogP contribution in [0.4, 0.5) is 0 Å². The van der Waals surface area contributed by atoms with Gasteiger partial charge in [-0.15, -0.1) is 0 Å². The van der Waals surface area contributed by atoms with Gasteiger partial charge in [-0.05, 0) is 78.0 Å². The fourth-order valence-electron chi connectivity index (χ4n) is 4.72. The van der Waals surface area contributed by atoms with Crippen molar-refractivity contribution in [3.63, 3.8) is 0 Å². The van der Waals surface area contributed by atoms with Gasteiger partial charge < -0.3 is 20.2 Å². The van der Waals surface area contributed by atoms with Gasteiger partial charge in [-0.3, -0.25) is 14.6 Å². The highest BCUT2D eigenvalue weighted by molar-refractivity contribution is 9.10. The highest BCUT2D eigenvalue weighted by Gasteiger charge is 2.29. The summed E-state index contributed by atoms with van der Waals surface area (Å²) in [5, 5.41) is 5.86. The molecule has 1 fully saturated rings. The van der Waals surface area contributed by atoms with Crippen LogP contribution in [-0.4, -0.2) is 44.4 Å². The van der Waals surface area contributed by atoms with E-state index in [2.05, 4.69) is 41.1 Å². The second-order valence-electron chi connectivity index (χ2n) is 8.53. The average Bonchev–Trinajstić information content (AvgIpc) is 3.47. The molecular weight excluding hydrogens is 496 g/mol. The predicted molar refractivity (Wildman–Crippen MR) is 134 cm³/mol. The first-order valence-corrected chi connectivity index (χ1v) is 12.1. The molecule has 0 spiro atoms. The Bertz CT molecular complexity index is 1350. The Labute approximate surface area is 205 Å². The van der Waals surface area contributed by atoms with Crippen molar-refractivity contribution in [1.29, 1.82) is 0 Å². The van der Waals surface area contributed by atoms with Crippen LogP contribution in [0.25, 0.3) is 22.6 Å². The third-order valence-corrected chi connectivity index (χ3v) is 6.77. The van der Waals surface area contributed by atoms with Gasteiger partial charge >= 0.3 is 0 Å². The minimum Gasteiger partial charge on any atom is -0.356 e. The van der Waals surface area contributed by atoms with Crippen molar-refractivity contribution in [2.45, 2.75) is 37.8 Å². The molecule has 1 saturated carbocycles. The number of rotatable bonds is 5. The summed E-state index contributed by atoms with van der Waals surface area (Å²) >= 11 is 3.38. The molecule has 34 heavy (non-hydrogen) atoms. The smallest absolute Gasteiger partial charge is 0.267 e. The number of fused-ring (bicyclic) bond motifs is 1. The summed E-state index contributed by atoms with van der Waals surface area (Å²) < 4.78 is 3.08. The molecule has 8 nitrogen and oxygen atoms in total. The van der Waals surface area contributed by atoms with Crippen LogP contribution in [0.3, 0.4) is 0 Å². The number of pyridine rings is 1. The third-order valence-electron chi connectivity index (χ3n) is 6.31. The lowest BCUT2D eigenvalue weighted by atomic mass is 9.90. The first-order chi connectivity index (χ1) is 16.5. The fraction of sp³-hybridized carbons (Fsp3) is 0.280. The molecule has 9 heteroatoms. The summed E-state index contributed by atoms with van der Waals surface area (Å²) in [6, 6.07) is 13.3. The maximum absolute atomic E-state index is 12.7. The van der Waals surface area contributed by atoms with E-state index in [4.69, 9.17) is 4.98 Å². The number of imidazole rings is 1. The minimum atomic E-state index is -0.146. The zero-order valence-electron chi connectivity index (χ0n) is 18.7. The van der Waals surface area contributed by atoms with E-state index in [0.29, 0.717) is 11.3 Å². The number of hydrogen-bond acceptors (Lipinski definition) is 4. The summed E-state index contributed by atoms with van der Waals surface area (Å²) in [5.74, 6) is 0.522. The van der Waals surface area contributed by atoms with Crippen LogP contribution in [0.2, 0.25) is 0 Å². The van der Waals surface area contributed by atoms with Gasteiger partial charge in [0.2, 0.25) is 0 Å². The highest BCUT2D eigenvalue weighted by Crippen LogP contribution is 2.36. The molecule has 0 aliphatic heterocycles. The number of nitrogens with zero attached hydrogens (tertiary/aromatic N) is 3. The molecule has 3 N–H and O–H groups in total. The zero-order valence-corrected chi connectivity index (χ0v) is 20.3. The van der Waals surface area contributed by atoms with Crippen molar-refractivity contribution in [1.82, 2.24) is 30.2 Å². The van der Waals surface area contributed by atoms with Crippen molar-refractivity contribution in [3.05, 3.63) is 70.6 Å². The molecule has 174 valence electrons. The van der Waals surface area contributed by atoms with Crippen LogP contribution in [0.15, 0.2) is 59.3 Å². The number of aromatic nitrogens is 4. The SMILES string of the molecule is CNC(=O)c1ccc2c(c1)nc(-c1ccccn1)n2[C@@H]1CCC[C@H](NC(=O)c2cc(Br)c[nH]2)C1. The maximum atomic E-state index is 12.7. The minimum absolute atomic E-state index is 0.0486. The summed E-state index contributed by atoms with van der Waals surface area (Å²) in [5.41, 5.74) is 3.60. The second-order valence-corrected chi connectivity index (χ2v) is 9.44. The van der Waals surface area contributed by atoms with E-state index in [0.717, 1.165) is 52.7 Å². The number of benzene rings is 1. The first kappa shape index (κ1) is 22.3. The van der Waals surface area contributed by atoms with Crippen molar-refractivity contribution in [2.75, 3.05) is 7.05 Å². The molecule has 0 radical (unpaired) electrons. The summed E-state index contributed by atoms with van der Waals surface area (Å²) in [4.78, 5) is 37.3. The normalized spacial score (nSPS) is 18.1. The predicted octanol–water partition coefficient (Wildman–Crippen LogP) is 4.46. The molecule has 3 aromatic heterocycles. The van der Waals surface area contributed by atoms with E-state index in [1.54, 1.807) is 25.5 Å². The molecule has 0 bridgehead atoms. The van der Waals surface area contributed by atoms with E-state index >= 15 is 0 Å². The Kier molecular flexibility index (Phi) is 6.19. The number of halogens is 1. The number of carbonyl (C=O) groups excluding carboxylic acids is 2. The van der Waals surface area contributed by atoms with Gasteiger partial charge in [0.05, 0.1) is 11.0 Å². The van der Waals surface area contributed by atoms with Crippen molar-refractivity contribution in [2.24, 2.45) is 0 Å². The Balaban J connectivity index is 1.49. The van der Waals surface area contributed by atoms with Gasteiger partial charge in [0.25, 0.3) is 11.8 Å². The molecular formula is C25H25BrN6O2. The molecule has 1 aliphatic rings. The highest BCUT2D eigenvalue weighted by atomic mass is 79.9. The van der Waals surface area contributed by atoms with Crippen LogP contribution in [0, 0.1) is 0 Å². The molecule has 2 amide bonds. The monoisotopic (exact) mass is 520 g/mol. The lowest BCUT2D eigenvalue weighted by Gasteiger charge is -2.31. The quantitative estimate of drug-likeness (QED) is 0.361. The second kappa shape index (κ2) is 9.42. The van der Waals surface area contributed by atoms with Gasteiger partial charge in [0, 0.05) is 41.6 Å². The lowest BCUT2D eigenvalue weighted by molar-refractivity contribution is 0.0915. The third kappa shape index (κ3) is 4.35. The van der Waals surface area contributed by atoms with Crippen LogP contribution in [0.1, 0.15) is 52.6 Å². The Morgan fingerprint density at radius 3 is 2.76 bits per heavy atom. The average molecular weight is 521 g/mol. The first-order valence-electron chi connectivity index (χ1n) is 11.3. The van der Waals surface area contributed by atoms with E-state index in [1.165, 1.54) is 0 Å². The summed E-state index contributed by atoms with van der Waals surface area (Å²) in [6.45, 7) is 0. The Morgan fingerprint density at radius 2 is 2.03 bits per heavy atom. The molecule has 0 unspecified atom stereocenters. The van der Waals surface area contributed by atoms with Gasteiger partial charge in [-0.2, -0.15) is 0 Å². The fourth-order valence-corrected chi connectivity index (χ4v) is 5.06. The molecule has 1 aliphatic carbocycles. The summed E-state index contributed by atoms with van der Waals surface area (Å²) in [7, 11) is 1.62. The van der Waals surface area contributed by atoms with E-state index < -0.39 is 0 Å². The molecule has 2 atom stereocenters. The zero-order chi connectivity index (χ0) is 23.7. The van der Waals surface area contributed by atoms with Crippen molar-refractivity contribution >= 4 is 38.8 Å². The number of hydrogen-bond donors (Lipinski definition) is 3.